The lowest BCUT2D eigenvalue weighted by atomic mass is 10.1. The van der Waals surface area contributed by atoms with E-state index in [1.165, 1.54) is 12.1 Å². The van der Waals surface area contributed by atoms with Gasteiger partial charge in [-0.1, -0.05) is 0 Å². The molecule has 2 aromatic rings. The van der Waals surface area contributed by atoms with E-state index in [-0.39, 0.29) is 11.5 Å². The van der Waals surface area contributed by atoms with Crippen LogP contribution in [0.4, 0.5) is 5.69 Å². The van der Waals surface area contributed by atoms with E-state index in [2.05, 4.69) is 0 Å². The van der Waals surface area contributed by atoms with Gasteiger partial charge >= 0.3 is 0 Å². The van der Waals surface area contributed by atoms with Crippen LogP contribution in [0.2, 0.25) is 0 Å². The third-order valence-corrected chi connectivity index (χ3v) is 2.03. The Bertz CT molecular complexity index is 502. The minimum absolute atomic E-state index is 0.0294. The van der Waals surface area contributed by atoms with Crippen LogP contribution in [0, 0.1) is 0 Å². The number of hydrogen-bond donors (Lipinski definition) is 2. The Morgan fingerprint density at radius 1 is 1.27 bits per heavy atom. The molecule has 2 rings (SSSR count). The summed E-state index contributed by atoms with van der Waals surface area (Å²) in [6, 6.07) is 7.88. The van der Waals surface area contributed by atoms with E-state index < -0.39 is 0 Å². The summed E-state index contributed by atoms with van der Waals surface area (Å²) in [4.78, 5) is 10.4. The van der Waals surface area contributed by atoms with Crippen LogP contribution in [0.3, 0.4) is 0 Å². The van der Waals surface area contributed by atoms with E-state index in [9.17, 15) is 9.90 Å². The lowest BCUT2D eigenvalue weighted by Gasteiger charge is -2.01. The lowest BCUT2D eigenvalue weighted by molar-refractivity contribution is 0.110. The predicted octanol–water partition coefficient (Wildman–Crippen LogP) is 2.05. The molecular formula is C11H9NO3. The van der Waals surface area contributed by atoms with Crippen LogP contribution in [0.25, 0.3) is 11.3 Å². The van der Waals surface area contributed by atoms with Crippen molar-refractivity contribution in [2.75, 3.05) is 5.73 Å². The summed E-state index contributed by atoms with van der Waals surface area (Å²) >= 11 is 0. The summed E-state index contributed by atoms with van der Waals surface area (Å²) in [6.45, 7) is 0. The molecule has 0 fully saturated rings. The first-order valence-corrected chi connectivity index (χ1v) is 4.34. The van der Waals surface area contributed by atoms with E-state index >= 15 is 0 Å². The number of rotatable bonds is 2. The number of hydrogen-bond acceptors (Lipinski definition) is 4. The van der Waals surface area contributed by atoms with Crippen LogP contribution in [0.5, 0.6) is 5.75 Å². The Balaban J connectivity index is 2.49. The fourth-order valence-electron chi connectivity index (χ4n) is 1.32. The van der Waals surface area contributed by atoms with Gasteiger partial charge in [-0.2, -0.15) is 0 Å². The summed E-state index contributed by atoms with van der Waals surface area (Å²) < 4.78 is 5.17. The van der Waals surface area contributed by atoms with Gasteiger partial charge in [0, 0.05) is 11.8 Å². The van der Waals surface area contributed by atoms with E-state index in [0.29, 0.717) is 23.3 Å². The maximum absolute atomic E-state index is 10.4. The lowest BCUT2D eigenvalue weighted by Crippen LogP contribution is -1.84. The number of aromatic hydroxyl groups is 1. The normalized spacial score (nSPS) is 10.1. The van der Waals surface area contributed by atoms with Crippen LogP contribution < -0.4 is 5.73 Å². The topological polar surface area (TPSA) is 76.5 Å². The summed E-state index contributed by atoms with van der Waals surface area (Å²) in [5.74, 6) is 0.692. The molecule has 0 aliphatic rings. The second-order valence-corrected chi connectivity index (χ2v) is 3.10. The third kappa shape index (κ3) is 1.69. The van der Waals surface area contributed by atoms with Gasteiger partial charge < -0.3 is 15.3 Å². The van der Waals surface area contributed by atoms with Gasteiger partial charge in [0.15, 0.2) is 12.0 Å². The van der Waals surface area contributed by atoms with Gasteiger partial charge in [-0.25, -0.2) is 0 Å². The van der Waals surface area contributed by atoms with Gasteiger partial charge in [-0.15, -0.1) is 0 Å². The highest BCUT2D eigenvalue weighted by Gasteiger charge is 2.08. The van der Waals surface area contributed by atoms with Crippen molar-refractivity contribution in [3.05, 3.63) is 36.1 Å². The molecule has 0 aliphatic carbocycles. The van der Waals surface area contributed by atoms with Crippen molar-refractivity contribution in [2.45, 2.75) is 0 Å². The van der Waals surface area contributed by atoms with E-state index in [0.717, 1.165) is 0 Å². The molecule has 1 heterocycles. The van der Waals surface area contributed by atoms with Crippen molar-refractivity contribution >= 4 is 12.0 Å². The first-order valence-electron chi connectivity index (χ1n) is 4.34. The number of carbonyl (C=O) groups excluding carboxylic acids is 1. The maximum atomic E-state index is 10.4. The predicted molar refractivity (Wildman–Crippen MR) is 55.6 cm³/mol. The van der Waals surface area contributed by atoms with Gasteiger partial charge in [0.2, 0.25) is 0 Å². The molecule has 76 valence electrons. The maximum Gasteiger partial charge on any atom is 0.185 e. The number of nitrogens with two attached hydrogens (primary N) is 1. The SMILES string of the molecule is Nc1ccc(-c2ccc(C=O)o2)c(O)c1. The number of carbonyl (C=O) groups is 1. The van der Waals surface area contributed by atoms with Gasteiger partial charge in [0.25, 0.3) is 0 Å². The first kappa shape index (κ1) is 9.33. The summed E-state index contributed by atoms with van der Waals surface area (Å²) in [6.07, 6.45) is 0.609. The molecule has 1 aromatic carbocycles. The quantitative estimate of drug-likeness (QED) is 0.578. The van der Waals surface area contributed by atoms with E-state index in [1.807, 2.05) is 0 Å². The van der Waals surface area contributed by atoms with Crippen molar-refractivity contribution in [1.29, 1.82) is 0 Å². The molecule has 0 saturated heterocycles. The zero-order valence-electron chi connectivity index (χ0n) is 7.81. The van der Waals surface area contributed by atoms with Gasteiger partial charge in [0.05, 0.1) is 5.56 Å². The molecule has 0 amide bonds. The first-order chi connectivity index (χ1) is 7.20. The second kappa shape index (κ2) is 3.49. The molecule has 4 nitrogen and oxygen atoms in total. The molecule has 3 N–H and O–H groups in total. The van der Waals surface area contributed by atoms with Crippen molar-refractivity contribution in [3.63, 3.8) is 0 Å². The van der Waals surface area contributed by atoms with Crippen LogP contribution in [-0.4, -0.2) is 11.4 Å². The molecule has 4 heteroatoms. The largest absolute Gasteiger partial charge is 0.507 e. The third-order valence-electron chi connectivity index (χ3n) is 2.03. The molecule has 0 unspecified atom stereocenters. The van der Waals surface area contributed by atoms with Crippen LogP contribution in [-0.2, 0) is 0 Å². The standard InChI is InChI=1S/C11H9NO3/c12-7-1-3-9(10(14)5-7)11-4-2-8(6-13)15-11/h1-6,14H,12H2. The van der Waals surface area contributed by atoms with Crippen molar-refractivity contribution in [2.24, 2.45) is 0 Å². The van der Waals surface area contributed by atoms with Crippen molar-refractivity contribution in [1.82, 2.24) is 0 Å². The molecule has 0 atom stereocenters. The molecule has 15 heavy (non-hydrogen) atoms. The molecule has 0 aliphatic heterocycles. The number of anilines is 1. The Morgan fingerprint density at radius 2 is 2.07 bits per heavy atom. The number of benzene rings is 1. The van der Waals surface area contributed by atoms with Crippen molar-refractivity contribution in [3.8, 4) is 17.1 Å². The van der Waals surface area contributed by atoms with Crippen LogP contribution >= 0.6 is 0 Å². The van der Waals surface area contributed by atoms with E-state index in [1.54, 1.807) is 18.2 Å². The molecule has 0 saturated carbocycles. The summed E-state index contributed by atoms with van der Waals surface area (Å²) in [7, 11) is 0. The smallest absolute Gasteiger partial charge is 0.185 e. The van der Waals surface area contributed by atoms with Gasteiger partial charge in [-0.05, 0) is 24.3 Å². The minimum atomic E-state index is 0.0294. The fraction of sp³-hybridized carbons (Fsp3) is 0. The Labute approximate surface area is 85.9 Å². The number of furan rings is 1. The Morgan fingerprint density at radius 3 is 2.67 bits per heavy atom. The summed E-state index contributed by atoms with van der Waals surface area (Å²) in [5, 5.41) is 9.60. The average Bonchev–Trinajstić information content (AvgIpc) is 2.66. The van der Waals surface area contributed by atoms with E-state index in [4.69, 9.17) is 10.2 Å². The number of nitrogen functional groups attached to an aromatic ring is 1. The van der Waals surface area contributed by atoms with Crippen molar-refractivity contribution < 1.29 is 14.3 Å². The van der Waals surface area contributed by atoms with Crippen LogP contribution in [0.1, 0.15) is 10.6 Å². The fourth-order valence-corrected chi connectivity index (χ4v) is 1.32. The monoisotopic (exact) mass is 203 g/mol. The Hall–Kier alpha value is -2.23. The highest BCUT2D eigenvalue weighted by atomic mass is 16.3. The van der Waals surface area contributed by atoms with Gasteiger partial charge in [0.1, 0.15) is 11.5 Å². The zero-order chi connectivity index (χ0) is 10.8. The second-order valence-electron chi connectivity index (χ2n) is 3.10. The highest BCUT2D eigenvalue weighted by molar-refractivity contribution is 5.75. The molecule has 0 bridgehead atoms. The number of aldehydes is 1. The average molecular weight is 203 g/mol. The highest BCUT2D eigenvalue weighted by Crippen LogP contribution is 2.31. The van der Waals surface area contributed by atoms with Crippen LogP contribution in [0.15, 0.2) is 34.7 Å². The number of phenolic OH excluding ortho intramolecular Hbond substituents is 1. The Kier molecular flexibility index (Phi) is 2.17. The zero-order valence-corrected chi connectivity index (χ0v) is 7.81. The minimum Gasteiger partial charge on any atom is -0.507 e. The van der Waals surface area contributed by atoms with Gasteiger partial charge in [-0.3, -0.25) is 4.79 Å². The molecule has 1 aromatic heterocycles. The molecular weight excluding hydrogens is 194 g/mol. The molecule has 0 spiro atoms. The number of phenols is 1. The molecule has 0 radical (unpaired) electrons. The summed E-state index contributed by atoms with van der Waals surface area (Å²) in [5.41, 5.74) is 6.47.